The highest BCUT2D eigenvalue weighted by molar-refractivity contribution is 9.09. The van der Waals surface area contributed by atoms with E-state index in [2.05, 4.69) is 28.2 Å². The zero-order valence-electron chi connectivity index (χ0n) is 11.8. The van der Waals surface area contributed by atoms with Crippen molar-refractivity contribution in [1.82, 2.24) is 5.32 Å². The molecule has 0 bridgehead atoms. The molecule has 1 N–H and O–H groups in total. The molecule has 0 heterocycles. The average molecular weight is 348 g/mol. The molecule has 0 fully saturated rings. The summed E-state index contributed by atoms with van der Waals surface area (Å²) in [6, 6.07) is 2.01. The van der Waals surface area contributed by atoms with Gasteiger partial charge in [0.25, 0.3) is 5.91 Å². The van der Waals surface area contributed by atoms with Crippen LogP contribution in [-0.4, -0.2) is 17.8 Å². The van der Waals surface area contributed by atoms with Crippen LogP contribution in [-0.2, 0) is 0 Å². The first kappa shape index (κ1) is 17.1. The van der Waals surface area contributed by atoms with Gasteiger partial charge in [0, 0.05) is 17.9 Å². The monoisotopic (exact) mass is 347 g/mol. The third-order valence-corrected chi connectivity index (χ3v) is 3.72. The van der Waals surface area contributed by atoms with Gasteiger partial charge in [-0.2, -0.15) is 0 Å². The van der Waals surface area contributed by atoms with E-state index in [0.717, 1.165) is 30.7 Å². The van der Waals surface area contributed by atoms with Gasteiger partial charge >= 0.3 is 0 Å². The number of carbonyl (C=O) groups is 1. The Balaban J connectivity index is 2.69. The van der Waals surface area contributed by atoms with E-state index in [4.69, 9.17) is 0 Å². The molecular weight excluding hydrogens is 328 g/mol. The van der Waals surface area contributed by atoms with Gasteiger partial charge in [0.1, 0.15) is 11.6 Å². The number of halogens is 3. The molecule has 0 aliphatic carbocycles. The first-order valence-electron chi connectivity index (χ1n) is 6.79. The van der Waals surface area contributed by atoms with Crippen LogP contribution in [0.25, 0.3) is 0 Å². The largest absolute Gasteiger partial charge is 0.352 e. The zero-order chi connectivity index (χ0) is 15.1. The molecule has 1 aromatic rings. The Labute approximate surface area is 127 Å². The van der Waals surface area contributed by atoms with Crippen LogP contribution < -0.4 is 5.32 Å². The van der Waals surface area contributed by atoms with Crippen LogP contribution in [0, 0.1) is 24.5 Å². The minimum atomic E-state index is -0.821. The number of rotatable bonds is 7. The Morgan fingerprint density at radius 1 is 1.30 bits per heavy atom. The summed E-state index contributed by atoms with van der Waals surface area (Å²) in [5, 5.41) is 3.61. The Hall–Kier alpha value is -0.970. The highest BCUT2D eigenvalue weighted by Crippen LogP contribution is 2.15. The van der Waals surface area contributed by atoms with Gasteiger partial charge in [0.2, 0.25) is 0 Å². The van der Waals surface area contributed by atoms with Crippen LogP contribution in [0.15, 0.2) is 12.1 Å². The number of nitrogens with one attached hydrogen (secondary N) is 1. The SMILES string of the molecule is CCCC(CCBr)CNC(=O)c1cc(C)c(F)cc1F. The molecule has 0 radical (unpaired) electrons. The molecule has 112 valence electrons. The second-order valence-corrected chi connectivity index (χ2v) is 5.72. The van der Waals surface area contributed by atoms with Crippen molar-refractivity contribution in [2.75, 3.05) is 11.9 Å². The molecule has 0 spiro atoms. The molecule has 0 saturated heterocycles. The summed E-state index contributed by atoms with van der Waals surface area (Å²) in [5.41, 5.74) is 0.167. The quantitative estimate of drug-likeness (QED) is 0.735. The number of hydrogen-bond acceptors (Lipinski definition) is 1. The second kappa shape index (κ2) is 8.35. The molecule has 20 heavy (non-hydrogen) atoms. The molecule has 1 rings (SSSR count). The van der Waals surface area contributed by atoms with E-state index in [1.807, 2.05) is 0 Å². The topological polar surface area (TPSA) is 29.1 Å². The molecule has 0 aliphatic heterocycles. The maximum Gasteiger partial charge on any atom is 0.254 e. The summed E-state index contributed by atoms with van der Waals surface area (Å²) >= 11 is 3.39. The summed E-state index contributed by atoms with van der Waals surface area (Å²) in [5.74, 6) is -1.57. The van der Waals surface area contributed by atoms with Crippen molar-refractivity contribution in [3.8, 4) is 0 Å². The molecule has 0 saturated carbocycles. The van der Waals surface area contributed by atoms with E-state index >= 15 is 0 Å². The third kappa shape index (κ3) is 4.85. The summed E-state index contributed by atoms with van der Waals surface area (Å²) < 4.78 is 26.8. The molecule has 0 aliphatic rings. The molecule has 1 aromatic carbocycles. The number of hydrogen-bond donors (Lipinski definition) is 1. The van der Waals surface area contributed by atoms with E-state index in [1.54, 1.807) is 0 Å². The summed E-state index contributed by atoms with van der Waals surface area (Å²) in [7, 11) is 0. The third-order valence-electron chi connectivity index (χ3n) is 3.26. The Morgan fingerprint density at radius 2 is 2.00 bits per heavy atom. The van der Waals surface area contributed by atoms with Crippen LogP contribution in [0.2, 0.25) is 0 Å². The van der Waals surface area contributed by atoms with E-state index in [1.165, 1.54) is 13.0 Å². The van der Waals surface area contributed by atoms with Crippen LogP contribution >= 0.6 is 15.9 Å². The van der Waals surface area contributed by atoms with Crippen LogP contribution in [0.3, 0.4) is 0 Å². The van der Waals surface area contributed by atoms with E-state index in [0.29, 0.717) is 12.5 Å². The lowest BCUT2D eigenvalue weighted by Gasteiger charge is -2.16. The van der Waals surface area contributed by atoms with Gasteiger partial charge in [-0.3, -0.25) is 4.79 Å². The van der Waals surface area contributed by atoms with Gasteiger partial charge in [-0.25, -0.2) is 8.78 Å². The number of alkyl halides is 1. The van der Waals surface area contributed by atoms with Crippen molar-refractivity contribution in [2.24, 2.45) is 5.92 Å². The van der Waals surface area contributed by atoms with Gasteiger partial charge < -0.3 is 5.32 Å². The highest BCUT2D eigenvalue weighted by atomic mass is 79.9. The fourth-order valence-electron chi connectivity index (χ4n) is 2.07. The smallest absolute Gasteiger partial charge is 0.254 e. The Morgan fingerprint density at radius 3 is 2.60 bits per heavy atom. The fraction of sp³-hybridized carbons (Fsp3) is 0.533. The van der Waals surface area contributed by atoms with E-state index in [9.17, 15) is 13.6 Å². The Bertz CT molecular complexity index is 459. The van der Waals surface area contributed by atoms with Gasteiger partial charge in [-0.1, -0.05) is 29.3 Å². The van der Waals surface area contributed by atoms with Crippen molar-refractivity contribution in [3.63, 3.8) is 0 Å². The lowest BCUT2D eigenvalue weighted by molar-refractivity contribution is 0.0941. The standard InChI is InChI=1S/C15H20BrF2NO/c1-3-4-11(5-6-16)9-19-15(20)12-7-10(2)13(17)8-14(12)18/h7-8,11H,3-6,9H2,1-2H3,(H,19,20). The molecule has 1 atom stereocenters. The molecule has 0 aromatic heterocycles. The highest BCUT2D eigenvalue weighted by Gasteiger charge is 2.16. The summed E-state index contributed by atoms with van der Waals surface area (Å²) in [4.78, 5) is 12.0. The molecule has 5 heteroatoms. The lowest BCUT2D eigenvalue weighted by Crippen LogP contribution is -2.30. The lowest BCUT2D eigenvalue weighted by atomic mass is 10.0. The van der Waals surface area contributed by atoms with E-state index < -0.39 is 17.5 Å². The molecule has 2 nitrogen and oxygen atoms in total. The van der Waals surface area contributed by atoms with E-state index in [-0.39, 0.29) is 11.1 Å². The van der Waals surface area contributed by atoms with Gasteiger partial charge in [0.05, 0.1) is 5.56 Å². The van der Waals surface area contributed by atoms with Crippen molar-refractivity contribution < 1.29 is 13.6 Å². The summed E-state index contributed by atoms with van der Waals surface area (Å²) in [6.07, 6.45) is 3.01. The number of benzene rings is 1. The molecular formula is C15H20BrF2NO. The Kier molecular flexibility index (Phi) is 7.13. The van der Waals surface area contributed by atoms with Gasteiger partial charge in [-0.15, -0.1) is 0 Å². The predicted molar refractivity (Wildman–Crippen MR) is 80.2 cm³/mol. The minimum absolute atomic E-state index is 0.0991. The number of amides is 1. The first-order valence-corrected chi connectivity index (χ1v) is 7.91. The van der Waals surface area contributed by atoms with Crippen molar-refractivity contribution in [3.05, 3.63) is 34.9 Å². The molecule has 1 unspecified atom stereocenters. The predicted octanol–water partition coefficient (Wildman–Crippen LogP) is 4.20. The number of carbonyl (C=O) groups excluding carboxylic acids is 1. The summed E-state index contributed by atoms with van der Waals surface area (Å²) in [6.45, 7) is 4.11. The first-order chi connectivity index (χ1) is 9.49. The van der Waals surface area contributed by atoms with Crippen molar-refractivity contribution in [1.29, 1.82) is 0 Å². The van der Waals surface area contributed by atoms with Crippen LogP contribution in [0.4, 0.5) is 8.78 Å². The van der Waals surface area contributed by atoms with Gasteiger partial charge in [0.15, 0.2) is 0 Å². The maximum absolute atomic E-state index is 13.6. The second-order valence-electron chi connectivity index (χ2n) is 4.92. The van der Waals surface area contributed by atoms with Crippen molar-refractivity contribution >= 4 is 21.8 Å². The fourth-order valence-corrected chi connectivity index (χ4v) is 2.72. The van der Waals surface area contributed by atoms with Crippen LogP contribution in [0.5, 0.6) is 0 Å². The minimum Gasteiger partial charge on any atom is -0.352 e. The average Bonchev–Trinajstić information content (AvgIpc) is 2.40. The van der Waals surface area contributed by atoms with Gasteiger partial charge in [-0.05, 0) is 37.3 Å². The normalized spacial score (nSPS) is 12.2. The number of aryl methyl sites for hydroxylation is 1. The van der Waals surface area contributed by atoms with Crippen molar-refractivity contribution in [2.45, 2.75) is 33.1 Å². The zero-order valence-corrected chi connectivity index (χ0v) is 13.4. The molecule has 1 amide bonds. The maximum atomic E-state index is 13.6. The van der Waals surface area contributed by atoms with Crippen LogP contribution in [0.1, 0.15) is 42.1 Å².